The van der Waals surface area contributed by atoms with Crippen molar-refractivity contribution in [2.75, 3.05) is 0 Å². The highest BCUT2D eigenvalue weighted by atomic mass is 35.5. The number of benzene rings is 1. The van der Waals surface area contributed by atoms with Gasteiger partial charge in [-0.25, -0.2) is 0 Å². The van der Waals surface area contributed by atoms with Gasteiger partial charge in [0.2, 0.25) is 5.88 Å². The van der Waals surface area contributed by atoms with E-state index < -0.39 is 17.5 Å². The third-order valence-electron chi connectivity index (χ3n) is 4.18. The summed E-state index contributed by atoms with van der Waals surface area (Å²) in [5, 5.41) is 30.0. The molecule has 6 nitrogen and oxygen atoms in total. The zero-order valence-electron chi connectivity index (χ0n) is 15.0. The molecule has 1 unspecified atom stereocenters. The number of aliphatic hydroxyl groups is 1. The van der Waals surface area contributed by atoms with E-state index in [2.05, 4.69) is 6.58 Å². The number of nitrogens with zero attached hydrogens (tertiary/aromatic N) is 2. The average Bonchev–Trinajstić information content (AvgIpc) is 3.12. The highest BCUT2D eigenvalue weighted by Crippen LogP contribution is 2.24. The molecule has 142 valence electrons. The fourth-order valence-electron chi connectivity index (χ4n) is 2.82. The van der Waals surface area contributed by atoms with Gasteiger partial charge in [-0.15, -0.1) is 0 Å². The van der Waals surface area contributed by atoms with Gasteiger partial charge in [-0.1, -0.05) is 18.2 Å². The second-order valence-corrected chi connectivity index (χ2v) is 6.76. The Morgan fingerprint density at radius 1 is 1.32 bits per heavy atom. The quantitative estimate of drug-likeness (QED) is 0.702. The summed E-state index contributed by atoms with van der Waals surface area (Å²) in [6.07, 6.45) is 0.571. The minimum absolute atomic E-state index is 0.0938. The third kappa shape index (κ3) is 3.72. The number of nitriles is 1. The molecule has 0 amide bonds. The lowest BCUT2D eigenvalue weighted by Gasteiger charge is -2.12. The lowest BCUT2D eigenvalue weighted by molar-refractivity contribution is 0.167. The second kappa shape index (κ2) is 7.77. The molecule has 28 heavy (non-hydrogen) atoms. The Balaban J connectivity index is 2.17. The van der Waals surface area contributed by atoms with Crippen LogP contribution in [0.5, 0.6) is 5.88 Å². The molecule has 3 aromatic rings. The minimum Gasteiger partial charge on any atom is -0.493 e. The maximum Gasteiger partial charge on any atom is 0.261 e. The number of rotatable bonds is 4. The normalized spacial score (nSPS) is 12.7. The van der Waals surface area contributed by atoms with Crippen LogP contribution in [-0.2, 0) is 6.54 Å². The number of pyridine rings is 1. The molecular formula is C21H17ClN2O4. The van der Waals surface area contributed by atoms with Crippen LogP contribution in [0.3, 0.4) is 0 Å². The molecule has 0 radical (unpaired) electrons. The zero-order chi connectivity index (χ0) is 20.4. The maximum absolute atomic E-state index is 12.8. The molecule has 0 aliphatic heterocycles. The molecule has 0 spiro atoms. The molecule has 2 N–H and O–H groups in total. The SMILES string of the molecule is C=c1c(C#N)c(O)n(CC(C)O)c(=O)/c1=C/c1ccc(-c2ccc(Cl)cc2)o1. The van der Waals surface area contributed by atoms with Gasteiger partial charge in [-0.2, -0.15) is 5.26 Å². The van der Waals surface area contributed by atoms with E-state index in [1.807, 2.05) is 18.2 Å². The predicted octanol–water partition coefficient (Wildman–Crippen LogP) is 1.96. The van der Waals surface area contributed by atoms with Crippen molar-refractivity contribution in [3.8, 4) is 23.3 Å². The van der Waals surface area contributed by atoms with Crippen LogP contribution in [0.15, 0.2) is 45.6 Å². The van der Waals surface area contributed by atoms with Crippen LogP contribution in [0.1, 0.15) is 18.2 Å². The van der Waals surface area contributed by atoms with E-state index in [1.165, 1.54) is 13.0 Å². The van der Waals surface area contributed by atoms with Crippen molar-refractivity contribution in [3.05, 3.63) is 73.5 Å². The van der Waals surface area contributed by atoms with E-state index in [1.54, 1.807) is 24.3 Å². The van der Waals surface area contributed by atoms with Crippen molar-refractivity contribution in [1.29, 1.82) is 5.26 Å². The van der Waals surface area contributed by atoms with Gasteiger partial charge in [-0.05, 0) is 49.4 Å². The largest absolute Gasteiger partial charge is 0.493 e. The molecule has 0 saturated heterocycles. The zero-order valence-corrected chi connectivity index (χ0v) is 15.8. The summed E-state index contributed by atoms with van der Waals surface area (Å²) in [6, 6.07) is 12.4. The first-order valence-corrected chi connectivity index (χ1v) is 8.80. The first-order chi connectivity index (χ1) is 13.3. The fourth-order valence-corrected chi connectivity index (χ4v) is 2.94. The van der Waals surface area contributed by atoms with E-state index >= 15 is 0 Å². The summed E-state index contributed by atoms with van der Waals surface area (Å²) >= 11 is 5.89. The van der Waals surface area contributed by atoms with Crippen molar-refractivity contribution in [1.82, 2.24) is 4.57 Å². The number of aliphatic hydroxyl groups excluding tert-OH is 1. The van der Waals surface area contributed by atoms with Gasteiger partial charge in [0.15, 0.2) is 0 Å². The van der Waals surface area contributed by atoms with E-state index in [0.29, 0.717) is 16.5 Å². The smallest absolute Gasteiger partial charge is 0.261 e. The average molecular weight is 397 g/mol. The van der Waals surface area contributed by atoms with Crippen molar-refractivity contribution in [3.63, 3.8) is 0 Å². The van der Waals surface area contributed by atoms with Crippen molar-refractivity contribution < 1.29 is 14.6 Å². The number of hydrogen-bond donors (Lipinski definition) is 2. The fraction of sp³-hybridized carbons (Fsp3) is 0.143. The van der Waals surface area contributed by atoms with Gasteiger partial charge in [0.25, 0.3) is 5.56 Å². The van der Waals surface area contributed by atoms with E-state index in [-0.39, 0.29) is 22.5 Å². The number of aromatic hydroxyl groups is 1. The van der Waals surface area contributed by atoms with E-state index in [0.717, 1.165) is 10.1 Å². The molecule has 1 aromatic carbocycles. The third-order valence-corrected chi connectivity index (χ3v) is 4.43. The molecule has 0 aliphatic rings. The Bertz CT molecular complexity index is 1230. The van der Waals surface area contributed by atoms with Crippen molar-refractivity contribution in [2.24, 2.45) is 0 Å². The van der Waals surface area contributed by atoms with Crippen molar-refractivity contribution in [2.45, 2.75) is 19.6 Å². The Labute approximate surface area is 165 Å². The second-order valence-electron chi connectivity index (χ2n) is 6.32. The molecule has 2 heterocycles. The lowest BCUT2D eigenvalue weighted by Crippen LogP contribution is -2.46. The van der Waals surface area contributed by atoms with Crippen LogP contribution in [0.25, 0.3) is 24.0 Å². The van der Waals surface area contributed by atoms with Gasteiger partial charge in [0.1, 0.15) is 23.2 Å². The van der Waals surface area contributed by atoms with Crippen LogP contribution >= 0.6 is 11.6 Å². The van der Waals surface area contributed by atoms with Crippen LogP contribution < -0.4 is 16.0 Å². The molecule has 2 aromatic heterocycles. The highest BCUT2D eigenvalue weighted by molar-refractivity contribution is 6.30. The molecule has 3 rings (SSSR count). The van der Waals surface area contributed by atoms with Gasteiger partial charge in [0, 0.05) is 15.8 Å². The molecule has 0 fully saturated rings. The van der Waals surface area contributed by atoms with Crippen LogP contribution in [0.2, 0.25) is 5.02 Å². The Morgan fingerprint density at radius 2 is 2.00 bits per heavy atom. The molecular weight excluding hydrogens is 380 g/mol. The first kappa shape index (κ1) is 19.5. The number of halogens is 1. The monoisotopic (exact) mass is 396 g/mol. The molecule has 0 aliphatic carbocycles. The molecule has 0 bridgehead atoms. The van der Waals surface area contributed by atoms with Gasteiger partial charge in [-0.3, -0.25) is 9.36 Å². The lowest BCUT2D eigenvalue weighted by atomic mass is 10.1. The Kier molecular flexibility index (Phi) is 5.41. The summed E-state index contributed by atoms with van der Waals surface area (Å²) in [5.74, 6) is 0.444. The van der Waals surface area contributed by atoms with Gasteiger partial charge < -0.3 is 14.6 Å². The number of furan rings is 1. The highest BCUT2D eigenvalue weighted by Gasteiger charge is 2.15. The molecule has 7 heteroatoms. The maximum atomic E-state index is 12.8. The predicted molar refractivity (Wildman–Crippen MR) is 106 cm³/mol. The first-order valence-electron chi connectivity index (χ1n) is 8.42. The topological polar surface area (TPSA) is 99.4 Å². The summed E-state index contributed by atoms with van der Waals surface area (Å²) in [7, 11) is 0. The van der Waals surface area contributed by atoms with E-state index in [4.69, 9.17) is 16.0 Å². The van der Waals surface area contributed by atoms with Gasteiger partial charge >= 0.3 is 0 Å². The number of hydrogen-bond acceptors (Lipinski definition) is 5. The summed E-state index contributed by atoms with van der Waals surface area (Å²) < 4.78 is 6.73. The molecule has 0 saturated carbocycles. The summed E-state index contributed by atoms with van der Waals surface area (Å²) in [4.78, 5) is 12.8. The van der Waals surface area contributed by atoms with Crippen LogP contribution in [0, 0.1) is 11.3 Å². The van der Waals surface area contributed by atoms with Crippen LogP contribution in [-0.4, -0.2) is 20.9 Å². The Morgan fingerprint density at radius 3 is 2.61 bits per heavy atom. The number of aromatic nitrogens is 1. The standard InChI is InChI=1S/C21H17ClN2O4/c1-12(25)11-24-20(26)17(13(2)18(10-23)21(24)27)9-16-7-8-19(28-16)14-3-5-15(22)6-4-14/h3-9,12,25,27H,2,11H2,1H3/b17-9+. The minimum atomic E-state index is -0.890. The molecule has 1 atom stereocenters. The Hall–Kier alpha value is -3.27. The van der Waals surface area contributed by atoms with Gasteiger partial charge in [0.05, 0.1) is 17.9 Å². The summed E-state index contributed by atoms with van der Waals surface area (Å²) in [6.45, 7) is 5.08. The summed E-state index contributed by atoms with van der Waals surface area (Å²) in [5.41, 5.74) is 0.108. The van der Waals surface area contributed by atoms with E-state index in [9.17, 15) is 20.3 Å². The van der Waals surface area contributed by atoms with Crippen molar-refractivity contribution >= 4 is 24.3 Å². The van der Waals surface area contributed by atoms with Crippen LogP contribution in [0.4, 0.5) is 0 Å².